The summed E-state index contributed by atoms with van der Waals surface area (Å²) in [5, 5.41) is 8.74. The first-order valence-electron chi connectivity index (χ1n) is 5.73. The van der Waals surface area contributed by atoms with Crippen LogP contribution in [0.25, 0.3) is 0 Å². The van der Waals surface area contributed by atoms with E-state index in [1.54, 1.807) is 6.07 Å². The standard InChI is InChI=1S/C13H18FNO2/c1-4-15(8-9(2)3)10-5-6-11(13(16)17)12(14)7-10/h5-7,9H,4,8H2,1-3H3,(H,16,17). The largest absolute Gasteiger partial charge is 0.478 e. The lowest BCUT2D eigenvalue weighted by Gasteiger charge is -2.25. The molecule has 1 aromatic rings. The summed E-state index contributed by atoms with van der Waals surface area (Å²) in [6.07, 6.45) is 0. The van der Waals surface area contributed by atoms with Gasteiger partial charge in [-0.2, -0.15) is 0 Å². The molecule has 17 heavy (non-hydrogen) atoms. The van der Waals surface area contributed by atoms with Crippen molar-refractivity contribution in [2.45, 2.75) is 20.8 Å². The van der Waals surface area contributed by atoms with E-state index in [0.29, 0.717) is 5.92 Å². The Hall–Kier alpha value is -1.58. The van der Waals surface area contributed by atoms with Gasteiger partial charge in [-0.1, -0.05) is 13.8 Å². The van der Waals surface area contributed by atoms with Crippen LogP contribution in [-0.2, 0) is 0 Å². The predicted molar refractivity (Wildman–Crippen MR) is 66.1 cm³/mol. The molecule has 0 heterocycles. The predicted octanol–water partition coefficient (Wildman–Crippen LogP) is 3.01. The van der Waals surface area contributed by atoms with Crippen molar-refractivity contribution in [2.24, 2.45) is 5.92 Å². The lowest BCUT2D eigenvalue weighted by molar-refractivity contribution is 0.0692. The molecule has 0 bridgehead atoms. The maximum atomic E-state index is 13.5. The Kier molecular flexibility index (Phi) is 4.49. The highest BCUT2D eigenvalue weighted by atomic mass is 19.1. The molecule has 0 radical (unpaired) electrons. The molecule has 1 aromatic carbocycles. The number of carboxylic acids is 1. The summed E-state index contributed by atoms with van der Waals surface area (Å²) in [5.41, 5.74) is 0.443. The third-order valence-electron chi connectivity index (χ3n) is 2.52. The normalized spacial score (nSPS) is 10.6. The van der Waals surface area contributed by atoms with E-state index in [0.717, 1.165) is 18.8 Å². The fraction of sp³-hybridized carbons (Fsp3) is 0.462. The van der Waals surface area contributed by atoms with Crippen LogP contribution in [0, 0.1) is 11.7 Å². The number of hydrogen-bond acceptors (Lipinski definition) is 2. The van der Waals surface area contributed by atoms with Gasteiger partial charge in [0.15, 0.2) is 0 Å². The Labute approximate surface area is 101 Å². The minimum Gasteiger partial charge on any atom is -0.478 e. The molecule has 0 fully saturated rings. The molecule has 0 aromatic heterocycles. The molecular formula is C13H18FNO2. The van der Waals surface area contributed by atoms with Gasteiger partial charge in [0, 0.05) is 18.8 Å². The Morgan fingerprint density at radius 3 is 2.53 bits per heavy atom. The molecule has 0 atom stereocenters. The molecule has 0 aliphatic carbocycles. The quantitative estimate of drug-likeness (QED) is 0.858. The van der Waals surface area contributed by atoms with E-state index in [2.05, 4.69) is 13.8 Å². The molecule has 0 unspecified atom stereocenters. The molecule has 3 nitrogen and oxygen atoms in total. The second-order valence-electron chi connectivity index (χ2n) is 4.40. The van der Waals surface area contributed by atoms with Crippen LogP contribution >= 0.6 is 0 Å². The SMILES string of the molecule is CCN(CC(C)C)c1ccc(C(=O)O)c(F)c1. The van der Waals surface area contributed by atoms with Gasteiger partial charge in [0.05, 0.1) is 5.56 Å². The first-order chi connectivity index (χ1) is 7.95. The summed E-state index contributed by atoms with van der Waals surface area (Å²) in [6, 6.07) is 4.25. The van der Waals surface area contributed by atoms with Crippen LogP contribution in [0.3, 0.4) is 0 Å². The average Bonchev–Trinajstić information content (AvgIpc) is 2.24. The number of carboxylic acid groups (broad SMARTS) is 1. The van der Waals surface area contributed by atoms with Crippen LogP contribution in [0.4, 0.5) is 10.1 Å². The zero-order valence-electron chi connectivity index (χ0n) is 10.4. The summed E-state index contributed by atoms with van der Waals surface area (Å²) in [7, 11) is 0. The number of anilines is 1. The van der Waals surface area contributed by atoms with E-state index < -0.39 is 11.8 Å². The van der Waals surface area contributed by atoms with Gasteiger partial charge in [-0.05, 0) is 31.0 Å². The first-order valence-corrected chi connectivity index (χ1v) is 5.73. The highest BCUT2D eigenvalue weighted by molar-refractivity contribution is 5.88. The van der Waals surface area contributed by atoms with Crippen LogP contribution in [0.2, 0.25) is 0 Å². The lowest BCUT2D eigenvalue weighted by atomic mass is 10.1. The molecule has 0 saturated heterocycles. The number of hydrogen-bond donors (Lipinski definition) is 1. The molecule has 0 spiro atoms. The second kappa shape index (κ2) is 5.66. The van der Waals surface area contributed by atoms with Crippen molar-refractivity contribution in [2.75, 3.05) is 18.0 Å². The van der Waals surface area contributed by atoms with Gasteiger partial charge in [0.25, 0.3) is 0 Å². The van der Waals surface area contributed by atoms with Crippen molar-refractivity contribution in [3.8, 4) is 0 Å². The van der Waals surface area contributed by atoms with Gasteiger partial charge >= 0.3 is 5.97 Å². The Bertz CT molecular complexity index is 404. The van der Waals surface area contributed by atoms with Gasteiger partial charge < -0.3 is 10.0 Å². The zero-order valence-corrected chi connectivity index (χ0v) is 10.4. The topological polar surface area (TPSA) is 40.5 Å². The maximum absolute atomic E-state index is 13.5. The maximum Gasteiger partial charge on any atom is 0.338 e. The Morgan fingerprint density at radius 1 is 1.47 bits per heavy atom. The molecule has 1 rings (SSSR count). The van der Waals surface area contributed by atoms with Crippen molar-refractivity contribution in [3.05, 3.63) is 29.6 Å². The lowest BCUT2D eigenvalue weighted by Crippen LogP contribution is -2.27. The molecule has 0 amide bonds. The van der Waals surface area contributed by atoms with Crippen molar-refractivity contribution in [1.29, 1.82) is 0 Å². The van der Waals surface area contributed by atoms with Crippen LogP contribution < -0.4 is 4.90 Å². The number of rotatable bonds is 5. The highest BCUT2D eigenvalue weighted by Crippen LogP contribution is 2.19. The highest BCUT2D eigenvalue weighted by Gasteiger charge is 2.13. The van der Waals surface area contributed by atoms with E-state index in [9.17, 15) is 9.18 Å². The monoisotopic (exact) mass is 239 g/mol. The molecule has 0 aliphatic rings. The summed E-state index contributed by atoms with van der Waals surface area (Å²) in [6.45, 7) is 7.76. The second-order valence-corrected chi connectivity index (χ2v) is 4.40. The fourth-order valence-electron chi connectivity index (χ4n) is 1.73. The third-order valence-corrected chi connectivity index (χ3v) is 2.52. The fourth-order valence-corrected chi connectivity index (χ4v) is 1.73. The van der Waals surface area contributed by atoms with Crippen molar-refractivity contribution >= 4 is 11.7 Å². The van der Waals surface area contributed by atoms with Gasteiger partial charge in [0.1, 0.15) is 5.82 Å². The minimum absolute atomic E-state index is 0.283. The molecular weight excluding hydrogens is 221 g/mol. The van der Waals surface area contributed by atoms with Gasteiger partial charge in [0.2, 0.25) is 0 Å². The summed E-state index contributed by atoms with van der Waals surface area (Å²) in [5.74, 6) is -1.45. The van der Waals surface area contributed by atoms with Crippen LogP contribution in [0.5, 0.6) is 0 Å². The molecule has 4 heteroatoms. The molecule has 1 N–H and O–H groups in total. The van der Waals surface area contributed by atoms with E-state index >= 15 is 0 Å². The van der Waals surface area contributed by atoms with Crippen molar-refractivity contribution in [3.63, 3.8) is 0 Å². The summed E-state index contributed by atoms with van der Waals surface area (Å²) < 4.78 is 13.5. The van der Waals surface area contributed by atoms with Crippen molar-refractivity contribution in [1.82, 2.24) is 0 Å². The number of carbonyl (C=O) groups is 1. The first kappa shape index (κ1) is 13.5. The van der Waals surface area contributed by atoms with E-state index in [1.165, 1.54) is 12.1 Å². The minimum atomic E-state index is -1.24. The van der Waals surface area contributed by atoms with Gasteiger partial charge in [-0.15, -0.1) is 0 Å². The number of halogens is 1. The van der Waals surface area contributed by atoms with Crippen LogP contribution in [0.15, 0.2) is 18.2 Å². The Morgan fingerprint density at radius 2 is 2.12 bits per heavy atom. The smallest absolute Gasteiger partial charge is 0.338 e. The van der Waals surface area contributed by atoms with E-state index in [-0.39, 0.29) is 5.56 Å². The van der Waals surface area contributed by atoms with E-state index in [1.807, 2.05) is 11.8 Å². The van der Waals surface area contributed by atoms with E-state index in [4.69, 9.17) is 5.11 Å². The summed E-state index contributed by atoms with van der Waals surface area (Å²) >= 11 is 0. The molecule has 0 aliphatic heterocycles. The zero-order chi connectivity index (χ0) is 13.0. The number of benzene rings is 1. The van der Waals surface area contributed by atoms with Crippen LogP contribution in [0.1, 0.15) is 31.1 Å². The average molecular weight is 239 g/mol. The third kappa shape index (κ3) is 3.44. The van der Waals surface area contributed by atoms with Gasteiger partial charge in [-0.3, -0.25) is 0 Å². The Balaban J connectivity index is 2.98. The number of nitrogens with zero attached hydrogens (tertiary/aromatic N) is 1. The van der Waals surface area contributed by atoms with Gasteiger partial charge in [-0.25, -0.2) is 9.18 Å². The van der Waals surface area contributed by atoms with Crippen molar-refractivity contribution < 1.29 is 14.3 Å². The van der Waals surface area contributed by atoms with Crippen LogP contribution in [-0.4, -0.2) is 24.2 Å². The number of aromatic carboxylic acids is 1. The summed E-state index contributed by atoms with van der Waals surface area (Å²) in [4.78, 5) is 12.7. The molecule has 0 saturated carbocycles. The molecule has 94 valence electrons.